The van der Waals surface area contributed by atoms with Gasteiger partial charge in [0.05, 0.1) is 23.5 Å². The molecule has 0 spiro atoms. The lowest BCUT2D eigenvalue weighted by atomic mass is 9.85. The Bertz CT molecular complexity index is 432. The largest absolute Gasteiger partial charge is 0.383 e. The van der Waals surface area contributed by atoms with Crippen molar-refractivity contribution in [3.8, 4) is 0 Å². The summed E-state index contributed by atoms with van der Waals surface area (Å²) in [6, 6.07) is 0. The molecule has 1 fully saturated rings. The summed E-state index contributed by atoms with van der Waals surface area (Å²) in [5, 5.41) is 16.0. The maximum absolute atomic E-state index is 11.1. The third-order valence-corrected chi connectivity index (χ3v) is 4.52. The third-order valence-electron chi connectivity index (χ3n) is 4.24. The van der Waals surface area contributed by atoms with Crippen LogP contribution in [-0.2, 0) is 12.1 Å². The highest BCUT2D eigenvalue weighted by Gasteiger charge is 2.45. The van der Waals surface area contributed by atoms with Crippen molar-refractivity contribution in [1.82, 2.24) is 14.7 Å². The van der Waals surface area contributed by atoms with Crippen LogP contribution in [0.15, 0.2) is 6.20 Å². The van der Waals surface area contributed by atoms with Gasteiger partial charge in [-0.25, -0.2) is 0 Å². The predicted octanol–water partition coefficient (Wildman–Crippen LogP) is 2.50. The van der Waals surface area contributed by atoms with Gasteiger partial charge in [0.25, 0.3) is 0 Å². The molecule has 4 nitrogen and oxygen atoms in total. The fourth-order valence-electron chi connectivity index (χ4n) is 3.17. The van der Waals surface area contributed by atoms with Crippen LogP contribution in [0.5, 0.6) is 0 Å². The van der Waals surface area contributed by atoms with Crippen molar-refractivity contribution in [2.24, 2.45) is 5.92 Å². The molecule has 1 N–H and O–H groups in total. The van der Waals surface area contributed by atoms with E-state index in [-0.39, 0.29) is 0 Å². The van der Waals surface area contributed by atoms with E-state index in [9.17, 15) is 5.11 Å². The van der Waals surface area contributed by atoms with Crippen LogP contribution in [0.3, 0.4) is 0 Å². The number of hydrogen-bond donors (Lipinski definition) is 1. The maximum Gasteiger partial charge on any atom is 0.110 e. The van der Waals surface area contributed by atoms with Gasteiger partial charge in [0.2, 0.25) is 0 Å². The number of hydrogen-bond acceptors (Lipinski definition) is 3. The van der Waals surface area contributed by atoms with Crippen molar-refractivity contribution in [2.75, 3.05) is 20.6 Å². The molecule has 1 aliphatic rings. The number of aliphatic hydroxyl groups is 1. The van der Waals surface area contributed by atoms with Gasteiger partial charge in [0, 0.05) is 6.54 Å². The molecule has 5 heteroatoms. The predicted molar refractivity (Wildman–Crippen MR) is 77.3 cm³/mol. The van der Waals surface area contributed by atoms with Gasteiger partial charge in [0.1, 0.15) is 5.60 Å². The Morgan fingerprint density at radius 1 is 1.58 bits per heavy atom. The average Bonchev–Trinajstić information content (AvgIpc) is 2.90. The molecular weight excluding hydrogens is 262 g/mol. The van der Waals surface area contributed by atoms with E-state index in [1.54, 1.807) is 6.20 Å². The first kappa shape index (κ1) is 14.8. The van der Waals surface area contributed by atoms with E-state index in [2.05, 4.69) is 16.9 Å². The molecule has 2 rings (SSSR count). The first-order chi connectivity index (χ1) is 8.99. The Kier molecular flexibility index (Phi) is 4.54. The van der Waals surface area contributed by atoms with E-state index in [0.29, 0.717) is 10.9 Å². The molecule has 1 aromatic heterocycles. The fourth-order valence-corrected chi connectivity index (χ4v) is 3.48. The maximum atomic E-state index is 11.1. The molecule has 1 aliphatic carbocycles. The van der Waals surface area contributed by atoms with E-state index >= 15 is 0 Å². The lowest BCUT2D eigenvalue weighted by Gasteiger charge is -2.31. The van der Waals surface area contributed by atoms with Crippen molar-refractivity contribution in [2.45, 2.75) is 44.8 Å². The molecular formula is C14H24ClN3O. The fraction of sp³-hybridized carbons (Fsp3) is 0.786. The SMILES string of the molecule is CCC1CCCC1(O)c1c(Cl)cnn1CCN(C)C. The van der Waals surface area contributed by atoms with Gasteiger partial charge >= 0.3 is 0 Å². The van der Waals surface area contributed by atoms with Gasteiger partial charge in [-0.15, -0.1) is 0 Å². The quantitative estimate of drug-likeness (QED) is 0.904. The van der Waals surface area contributed by atoms with Crippen LogP contribution < -0.4 is 0 Å². The van der Waals surface area contributed by atoms with E-state index in [0.717, 1.165) is 44.5 Å². The first-order valence-corrected chi connectivity index (χ1v) is 7.45. The van der Waals surface area contributed by atoms with Gasteiger partial charge in [-0.2, -0.15) is 5.10 Å². The van der Waals surface area contributed by atoms with E-state index in [1.807, 2.05) is 18.8 Å². The Hall–Kier alpha value is -0.580. The molecule has 0 aromatic carbocycles. The van der Waals surface area contributed by atoms with Crippen LogP contribution in [0.1, 0.15) is 38.3 Å². The topological polar surface area (TPSA) is 41.3 Å². The van der Waals surface area contributed by atoms with Crippen LogP contribution in [0.4, 0.5) is 0 Å². The van der Waals surface area contributed by atoms with E-state index in [4.69, 9.17) is 11.6 Å². The van der Waals surface area contributed by atoms with Crippen LogP contribution in [0.2, 0.25) is 5.02 Å². The van der Waals surface area contributed by atoms with Crippen LogP contribution in [-0.4, -0.2) is 40.4 Å². The van der Waals surface area contributed by atoms with Crippen molar-refractivity contribution in [3.63, 3.8) is 0 Å². The Labute approximate surface area is 120 Å². The number of halogens is 1. The van der Waals surface area contributed by atoms with Gasteiger partial charge in [-0.05, 0) is 39.3 Å². The molecule has 1 aromatic rings. The van der Waals surface area contributed by atoms with Gasteiger partial charge < -0.3 is 10.0 Å². The molecule has 1 heterocycles. The Morgan fingerprint density at radius 2 is 2.32 bits per heavy atom. The zero-order valence-corrected chi connectivity index (χ0v) is 12.8. The summed E-state index contributed by atoms with van der Waals surface area (Å²) in [6.45, 7) is 3.78. The number of nitrogens with zero attached hydrogens (tertiary/aromatic N) is 3. The summed E-state index contributed by atoms with van der Waals surface area (Å²) in [6.07, 6.45) is 5.56. The molecule has 0 aliphatic heterocycles. The summed E-state index contributed by atoms with van der Waals surface area (Å²) in [7, 11) is 4.06. The zero-order valence-electron chi connectivity index (χ0n) is 12.1. The number of rotatable bonds is 5. The molecule has 0 bridgehead atoms. The standard InChI is InChI=1S/C14H24ClN3O/c1-4-11-6-5-7-14(11,19)13-12(15)10-16-18(13)9-8-17(2)3/h10-11,19H,4-9H2,1-3H3. The molecule has 19 heavy (non-hydrogen) atoms. The molecule has 108 valence electrons. The van der Waals surface area contributed by atoms with Crippen molar-refractivity contribution in [1.29, 1.82) is 0 Å². The third kappa shape index (κ3) is 2.81. The second-order valence-corrected chi connectivity index (χ2v) is 6.20. The summed E-state index contributed by atoms with van der Waals surface area (Å²) in [5.41, 5.74) is 0.0228. The lowest BCUT2D eigenvalue weighted by molar-refractivity contribution is -0.0123. The molecule has 0 saturated heterocycles. The zero-order chi connectivity index (χ0) is 14.0. The van der Waals surface area contributed by atoms with Gasteiger partial charge in [-0.3, -0.25) is 4.68 Å². The Balaban J connectivity index is 2.30. The van der Waals surface area contributed by atoms with Crippen molar-refractivity contribution in [3.05, 3.63) is 16.9 Å². The van der Waals surface area contributed by atoms with Crippen molar-refractivity contribution >= 4 is 11.6 Å². The summed E-state index contributed by atoms with van der Waals surface area (Å²) >= 11 is 6.30. The smallest absolute Gasteiger partial charge is 0.110 e. The minimum absolute atomic E-state index is 0.291. The number of likely N-dealkylation sites (N-methyl/N-ethyl adjacent to an activating group) is 1. The van der Waals surface area contributed by atoms with E-state index < -0.39 is 5.60 Å². The summed E-state index contributed by atoms with van der Waals surface area (Å²) in [5.74, 6) is 0.291. The van der Waals surface area contributed by atoms with Crippen LogP contribution >= 0.6 is 11.6 Å². The molecule has 2 unspecified atom stereocenters. The molecule has 1 saturated carbocycles. The number of aromatic nitrogens is 2. The summed E-state index contributed by atoms with van der Waals surface area (Å²) < 4.78 is 1.89. The van der Waals surface area contributed by atoms with Gasteiger partial charge in [0.15, 0.2) is 0 Å². The second kappa shape index (κ2) is 5.81. The highest BCUT2D eigenvalue weighted by Crippen LogP contribution is 2.47. The van der Waals surface area contributed by atoms with Crippen molar-refractivity contribution < 1.29 is 5.11 Å². The average molecular weight is 286 g/mol. The normalized spacial score (nSPS) is 27.4. The van der Waals surface area contributed by atoms with E-state index in [1.165, 1.54) is 0 Å². The molecule has 0 radical (unpaired) electrons. The highest BCUT2D eigenvalue weighted by molar-refractivity contribution is 6.31. The lowest BCUT2D eigenvalue weighted by Crippen LogP contribution is -2.34. The summed E-state index contributed by atoms with van der Waals surface area (Å²) in [4.78, 5) is 2.11. The Morgan fingerprint density at radius 3 is 2.95 bits per heavy atom. The second-order valence-electron chi connectivity index (χ2n) is 5.79. The highest BCUT2D eigenvalue weighted by atomic mass is 35.5. The van der Waals surface area contributed by atoms with Crippen LogP contribution in [0.25, 0.3) is 0 Å². The first-order valence-electron chi connectivity index (χ1n) is 7.08. The minimum atomic E-state index is -0.797. The monoisotopic (exact) mass is 285 g/mol. The van der Waals surface area contributed by atoms with Crippen LogP contribution in [0, 0.1) is 5.92 Å². The minimum Gasteiger partial charge on any atom is -0.383 e. The van der Waals surface area contributed by atoms with Gasteiger partial charge in [-0.1, -0.05) is 24.9 Å². The molecule has 0 amide bonds. The molecule has 2 atom stereocenters.